The van der Waals surface area contributed by atoms with Crippen LogP contribution in [0.15, 0.2) is 59.0 Å². The molecule has 0 radical (unpaired) electrons. The normalized spacial score (nSPS) is 16.2. The summed E-state index contributed by atoms with van der Waals surface area (Å²) in [5, 5.41) is 4.59. The van der Waals surface area contributed by atoms with Crippen molar-refractivity contribution in [1.82, 2.24) is 5.32 Å². The van der Waals surface area contributed by atoms with Gasteiger partial charge in [-0.1, -0.05) is 48.5 Å². The minimum Gasteiger partial charge on any atom is -0.459 e. The van der Waals surface area contributed by atoms with E-state index >= 15 is 0 Å². The maximum Gasteiger partial charge on any atom is 0.142 e. The molecule has 1 unspecified atom stereocenters. The van der Waals surface area contributed by atoms with Gasteiger partial charge < -0.3 is 9.73 Å². The molecule has 106 valence electrons. The molecule has 0 aliphatic heterocycles. The van der Waals surface area contributed by atoms with Gasteiger partial charge in [-0.25, -0.2) is 0 Å². The van der Waals surface area contributed by atoms with Crippen molar-refractivity contribution in [3.8, 4) is 11.1 Å². The van der Waals surface area contributed by atoms with Crippen molar-refractivity contribution in [2.75, 3.05) is 7.05 Å². The third-order valence-electron chi connectivity index (χ3n) is 4.36. The molecule has 1 atom stereocenters. The molecule has 2 heteroatoms. The summed E-state index contributed by atoms with van der Waals surface area (Å²) in [6.45, 7) is 0. The lowest BCUT2D eigenvalue weighted by Gasteiger charge is -2.11. The SMILES string of the molecule is CNC(c1cc2cccc(-c3ccccc3)c2o1)C1CC1. The van der Waals surface area contributed by atoms with Crippen molar-refractivity contribution in [2.45, 2.75) is 18.9 Å². The van der Waals surface area contributed by atoms with Crippen LogP contribution in [-0.4, -0.2) is 7.05 Å². The highest BCUT2D eigenvalue weighted by atomic mass is 16.3. The van der Waals surface area contributed by atoms with Crippen molar-refractivity contribution in [2.24, 2.45) is 5.92 Å². The quantitative estimate of drug-likeness (QED) is 0.743. The number of hydrogen-bond acceptors (Lipinski definition) is 2. The Morgan fingerprint density at radius 3 is 2.57 bits per heavy atom. The van der Waals surface area contributed by atoms with Gasteiger partial charge in [0.2, 0.25) is 0 Å². The first kappa shape index (κ1) is 12.7. The van der Waals surface area contributed by atoms with E-state index in [2.05, 4.69) is 53.8 Å². The fraction of sp³-hybridized carbons (Fsp3) is 0.263. The minimum absolute atomic E-state index is 0.348. The van der Waals surface area contributed by atoms with E-state index in [1.54, 1.807) is 0 Å². The van der Waals surface area contributed by atoms with E-state index in [-0.39, 0.29) is 0 Å². The molecule has 1 aliphatic rings. The third kappa shape index (κ3) is 2.26. The number of para-hydroxylation sites is 1. The standard InChI is InChI=1S/C19H19NO/c1-20-18(14-10-11-14)17-12-15-8-5-9-16(19(15)21-17)13-6-3-2-4-7-13/h2-9,12,14,18,20H,10-11H2,1H3. The molecule has 0 bridgehead atoms. The third-order valence-corrected chi connectivity index (χ3v) is 4.36. The average molecular weight is 277 g/mol. The Morgan fingerprint density at radius 1 is 1.05 bits per heavy atom. The molecule has 21 heavy (non-hydrogen) atoms. The summed E-state index contributed by atoms with van der Waals surface area (Å²) < 4.78 is 6.25. The second-order valence-corrected chi connectivity index (χ2v) is 5.84. The Bertz CT molecular complexity index is 756. The van der Waals surface area contributed by atoms with E-state index in [0.29, 0.717) is 6.04 Å². The molecule has 0 spiro atoms. The molecular formula is C19H19NO. The monoisotopic (exact) mass is 277 g/mol. The molecule has 1 saturated carbocycles. The Hall–Kier alpha value is -2.06. The second-order valence-electron chi connectivity index (χ2n) is 5.84. The molecule has 0 amide bonds. The maximum atomic E-state index is 6.25. The zero-order chi connectivity index (χ0) is 14.2. The molecule has 1 aliphatic carbocycles. The van der Waals surface area contributed by atoms with Crippen LogP contribution in [0.1, 0.15) is 24.6 Å². The minimum atomic E-state index is 0.348. The summed E-state index contributed by atoms with van der Waals surface area (Å²) in [5.41, 5.74) is 3.38. The van der Waals surface area contributed by atoms with E-state index in [0.717, 1.165) is 17.3 Å². The van der Waals surface area contributed by atoms with Crippen molar-refractivity contribution in [3.05, 3.63) is 60.4 Å². The van der Waals surface area contributed by atoms with Gasteiger partial charge >= 0.3 is 0 Å². The number of fused-ring (bicyclic) bond motifs is 1. The van der Waals surface area contributed by atoms with Crippen LogP contribution in [0.5, 0.6) is 0 Å². The highest BCUT2D eigenvalue weighted by Crippen LogP contribution is 2.43. The predicted octanol–water partition coefficient (Wildman–Crippen LogP) is 4.77. The summed E-state index contributed by atoms with van der Waals surface area (Å²) in [6, 6.07) is 19.4. The first-order chi connectivity index (χ1) is 10.4. The highest BCUT2D eigenvalue weighted by molar-refractivity contribution is 5.92. The largest absolute Gasteiger partial charge is 0.459 e. The maximum absolute atomic E-state index is 6.25. The van der Waals surface area contributed by atoms with Gasteiger partial charge in [-0.2, -0.15) is 0 Å². The van der Waals surface area contributed by atoms with Crippen molar-refractivity contribution < 1.29 is 4.42 Å². The lowest BCUT2D eigenvalue weighted by atomic mass is 10.0. The molecule has 4 rings (SSSR count). The van der Waals surface area contributed by atoms with Gasteiger partial charge in [-0.05, 0) is 37.4 Å². The Balaban J connectivity index is 1.84. The van der Waals surface area contributed by atoms with Crippen LogP contribution in [0.25, 0.3) is 22.1 Å². The topological polar surface area (TPSA) is 25.2 Å². The van der Waals surface area contributed by atoms with Gasteiger partial charge in [0.1, 0.15) is 11.3 Å². The first-order valence-corrected chi connectivity index (χ1v) is 7.62. The summed E-state index contributed by atoms with van der Waals surface area (Å²) in [7, 11) is 2.02. The zero-order valence-corrected chi connectivity index (χ0v) is 12.2. The second kappa shape index (κ2) is 5.05. The van der Waals surface area contributed by atoms with E-state index in [9.17, 15) is 0 Å². The summed E-state index contributed by atoms with van der Waals surface area (Å²) in [6.07, 6.45) is 2.60. The van der Waals surface area contributed by atoms with Crippen molar-refractivity contribution >= 4 is 11.0 Å². The fourth-order valence-electron chi connectivity index (χ4n) is 3.12. The number of furan rings is 1. The smallest absolute Gasteiger partial charge is 0.142 e. The molecule has 1 N–H and O–H groups in total. The Labute approximate surface area is 124 Å². The molecule has 0 saturated heterocycles. The lowest BCUT2D eigenvalue weighted by molar-refractivity contribution is 0.419. The summed E-state index contributed by atoms with van der Waals surface area (Å²) >= 11 is 0. The summed E-state index contributed by atoms with van der Waals surface area (Å²) in [4.78, 5) is 0. The molecule has 3 aromatic rings. The molecule has 2 nitrogen and oxygen atoms in total. The van der Waals surface area contributed by atoms with E-state index in [1.165, 1.54) is 29.4 Å². The molecular weight excluding hydrogens is 258 g/mol. The van der Waals surface area contributed by atoms with Gasteiger partial charge in [0.25, 0.3) is 0 Å². The molecule has 1 fully saturated rings. The summed E-state index contributed by atoms with van der Waals surface area (Å²) in [5.74, 6) is 1.80. The van der Waals surface area contributed by atoms with Gasteiger partial charge in [0.05, 0.1) is 6.04 Å². The van der Waals surface area contributed by atoms with Crippen molar-refractivity contribution in [3.63, 3.8) is 0 Å². The highest BCUT2D eigenvalue weighted by Gasteiger charge is 2.33. The van der Waals surface area contributed by atoms with Crippen LogP contribution in [0.2, 0.25) is 0 Å². The van der Waals surface area contributed by atoms with Gasteiger partial charge in [0.15, 0.2) is 0 Å². The van der Waals surface area contributed by atoms with Crippen LogP contribution >= 0.6 is 0 Å². The Morgan fingerprint density at radius 2 is 1.86 bits per heavy atom. The number of nitrogens with one attached hydrogen (secondary N) is 1. The van der Waals surface area contributed by atoms with E-state index in [1.807, 2.05) is 13.1 Å². The number of rotatable bonds is 4. The zero-order valence-electron chi connectivity index (χ0n) is 12.2. The van der Waals surface area contributed by atoms with Crippen LogP contribution in [0, 0.1) is 5.92 Å². The van der Waals surface area contributed by atoms with Gasteiger partial charge in [-0.15, -0.1) is 0 Å². The molecule has 1 heterocycles. The molecule has 2 aromatic carbocycles. The number of benzene rings is 2. The predicted molar refractivity (Wildman–Crippen MR) is 86.2 cm³/mol. The van der Waals surface area contributed by atoms with Crippen LogP contribution in [0.3, 0.4) is 0 Å². The number of hydrogen-bond donors (Lipinski definition) is 1. The van der Waals surface area contributed by atoms with Gasteiger partial charge in [-0.3, -0.25) is 0 Å². The van der Waals surface area contributed by atoms with Gasteiger partial charge in [0, 0.05) is 10.9 Å². The lowest BCUT2D eigenvalue weighted by Crippen LogP contribution is -2.17. The van der Waals surface area contributed by atoms with Crippen molar-refractivity contribution in [1.29, 1.82) is 0 Å². The average Bonchev–Trinajstić information content (AvgIpc) is 3.26. The first-order valence-electron chi connectivity index (χ1n) is 7.62. The fourth-order valence-corrected chi connectivity index (χ4v) is 3.12. The Kier molecular flexibility index (Phi) is 3.04. The van der Waals surface area contributed by atoms with Crippen LogP contribution in [0.4, 0.5) is 0 Å². The van der Waals surface area contributed by atoms with E-state index in [4.69, 9.17) is 4.42 Å². The van der Waals surface area contributed by atoms with Crippen LogP contribution < -0.4 is 5.32 Å². The van der Waals surface area contributed by atoms with Crippen LogP contribution in [-0.2, 0) is 0 Å². The molecule has 1 aromatic heterocycles. The van der Waals surface area contributed by atoms with E-state index < -0.39 is 0 Å².